The molecule has 2 aliphatic heterocycles. The van der Waals surface area contributed by atoms with Crippen LogP contribution in [0.1, 0.15) is 36.2 Å². The average Bonchev–Trinajstić information content (AvgIpc) is 3.33. The number of fused-ring (bicyclic) bond motifs is 4. The van der Waals surface area contributed by atoms with Crippen LogP contribution < -0.4 is 14.2 Å². The summed E-state index contributed by atoms with van der Waals surface area (Å²) in [6.45, 7) is 3.07. The first-order valence-corrected chi connectivity index (χ1v) is 8.89. The molecule has 2 aromatic carbocycles. The molecule has 0 fully saturated rings. The highest BCUT2D eigenvalue weighted by Crippen LogP contribution is 2.45. The normalized spacial score (nSPS) is 16.9. The van der Waals surface area contributed by atoms with Crippen molar-refractivity contribution in [1.82, 2.24) is 14.8 Å². The minimum absolute atomic E-state index is 0.129. The first kappa shape index (κ1) is 15.3. The first-order chi connectivity index (χ1) is 12.8. The summed E-state index contributed by atoms with van der Waals surface area (Å²) >= 11 is 0. The quantitative estimate of drug-likeness (QED) is 0.722. The number of hydrogen-bond donors (Lipinski definition) is 0. The molecular formula is C20H19N3O3. The van der Waals surface area contributed by atoms with E-state index in [1.807, 2.05) is 22.9 Å². The molecule has 132 valence electrons. The van der Waals surface area contributed by atoms with E-state index in [-0.39, 0.29) is 12.7 Å². The second-order valence-corrected chi connectivity index (χ2v) is 6.50. The summed E-state index contributed by atoms with van der Waals surface area (Å²) in [5.74, 6) is 3.53. The lowest BCUT2D eigenvalue weighted by Gasteiger charge is -2.27. The van der Waals surface area contributed by atoms with Gasteiger partial charge in [0.2, 0.25) is 6.79 Å². The van der Waals surface area contributed by atoms with Crippen molar-refractivity contribution in [3.05, 3.63) is 59.7 Å². The molecule has 0 saturated carbocycles. The zero-order valence-corrected chi connectivity index (χ0v) is 14.5. The third kappa shape index (κ3) is 2.33. The van der Waals surface area contributed by atoms with Gasteiger partial charge in [-0.2, -0.15) is 5.10 Å². The van der Waals surface area contributed by atoms with Gasteiger partial charge in [0, 0.05) is 24.0 Å². The van der Waals surface area contributed by atoms with Gasteiger partial charge in [0.1, 0.15) is 17.9 Å². The minimum atomic E-state index is 0.129. The third-order valence-electron chi connectivity index (χ3n) is 4.89. The van der Waals surface area contributed by atoms with Crippen LogP contribution in [0.5, 0.6) is 17.2 Å². The maximum Gasteiger partial charge on any atom is 0.231 e. The molecule has 1 unspecified atom stereocenters. The molecule has 3 heterocycles. The third-order valence-corrected chi connectivity index (χ3v) is 4.89. The minimum Gasteiger partial charge on any atom is -0.493 e. The molecule has 1 aromatic heterocycles. The monoisotopic (exact) mass is 349 g/mol. The molecule has 0 amide bonds. The highest BCUT2D eigenvalue weighted by molar-refractivity contribution is 5.60. The average molecular weight is 349 g/mol. The van der Waals surface area contributed by atoms with E-state index in [9.17, 15) is 0 Å². The Hall–Kier alpha value is -3.02. The molecule has 1 atom stereocenters. The van der Waals surface area contributed by atoms with E-state index < -0.39 is 0 Å². The second kappa shape index (κ2) is 6.05. The molecule has 6 nitrogen and oxygen atoms in total. The van der Waals surface area contributed by atoms with Crippen LogP contribution in [-0.2, 0) is 6.42 Å². The summed E-state index contributed by atoms with van der Waals surface area (Å²) in [5.41, 5.74) is 3.30. The lowest BCUT2D eigenvalue weighted by atomic mass is 9.84. The Morgan fingerprint density at radius 1 is 1.15 bits per heavy atom. The van der Waals surface area contributed by atoms with Crippen molar-refractivity contribution in [2.45, 2.75) is 25.7 Å². The Labute approximate surface area is 151 Å². The van der Waals surface area contributed by atoms with E-state index in [0.717, 1.165) is 52.7 Å². The van der Waals surface area contributed by atoms with Gasteiger partial charge >= 0.3 is 0 Å². The van der Waals surface area contributed by atoms with Crippen molar-refractivity contribution in [1.29, 1.82) is 0 Å². The van der Waals surface area contributed by atoms with Gasteiger partial charge in [0.15, 0.2) is 11.5 Å². The van der Waals surface area contributed by atoms with Crippen LogP contribution in [0, 0.1) is 0 Å². The molecule has 5 rings (SSSR count). The van der Waals surface area contributed by atoms with Crippen molar-refractivity contribution in [2.24, 2.45) is 0 Å². The first-order valence-electron chi connectivity index (χ1n) is 8.89. The van der Waals surface area contributed by atoms with Crippen LogP contribution >= 0.6 is 0 Å². The molecule has 0 aliphatic carbocycles. The maximum absolute atomic E-state index is 6.02. The molecule has 0 radical (unpaired) electrons. The predicted molar refractivity (Wildman–Crippen MR) is 95.3 cm³/mol. The fourth-order valence-electron chi connectivity index (χ4n) is 3.70. The van der Waals surface area contributed by atoms with Crippen LogP contribution in [0.25, 0.3) is 5.69 Å². The topological polar surface area (TPSA) is 58.4 Å². The zero-order valence-electron chi connectivity index (χ0n) is 14.5. The zero-order chi connectivity index (χ0) is 17.5. The van der Waals surface area contributed by atoms with Crippen LogP contribution in [0.4, 0.5) is 0 Å². The Kier molecular flexibility index (Phi) is 3.55. The van der Waals surface area contributed by atoms with E-state index in [2.05, 4.69) is 35.2 Å². The summed E-state index contributed by atoms with van der Waals surface area (Å²) in [7, 11) is 0. The van der Waals surface area contributed by atoms with Crippen molar-refractivity contribution in [3.63, 3.8) is 0 Å². The van der Waals surface area contributed by atoms with E-state index in [1.54, 1.807) is 6.33 Å². The number of nitrogens with zero attached hydrogens (tertiary/aromatic N) is 3. The Morgan fingerprint density at radius 2 is 2.00 bits per heavy atom. The Bertz CT molecular complexity index is 967. The van der Waals surface area contributed by atoms with Crippen molar-refractivity contribution in [3.8, 4) is 22.9 Å². The van der Waals surface area contributed by atoms with Gasteiger partial charge in [-0.25, -0.2) is 9.67 Å². The van der Waals surface area contributed by atoms with E-state index in [1.165, 1.54) is 0 Å². The van der Waals surface area contributed by atoms with Crippen LogP contribution in [0.2, 0.25) is 0 Å². The van der Waals surface area contributed by atoms with Gasteiger partial charge in [-0.1, -0.05) is 25.1 Å². The molecule has 3 aromatic rings. The lowest BCUT2D eigenvalue weighted by Crippen LogP contribution is -2.20. The number of ether oxygens (including phenoxy) is 3. The van der Waals surface area contributed by atoms with Gasteiger partial charge in [-0.15, -0.1) is 0 Å². The molecule has 2 aliphatic rings. The van der Waals surface area contributed by atoms with Crippen molar-refractivity contribution in [2.75, 3.05) is 13.4 Å². The summed E-state index contributed by atoms with van der Waals surface area (Å²) in [6, 6.07) is 12.3. The molecule has 6 heteroatoms. The fraction of sp³-hybridized carbons (Fsp3) is 0.300. The summed E-state index contributed by atoms with van der Waals surface area (Å²) in [5, 5.41) is 4.40. The molecular weight excluding hydrogens is 330 g/mol. The Morgan fingerprint density at radius 3 is 2.88 bits per heavy atom. The molecule has 0 spiro atoms. The fourth-order valence-corrected chi connectivity index (χ4v) is 3.70. The van der Waals surface area contributed by atoms with Crippen LogP contribution in [0.3, 0.4) is 0 Å². The van der Waals surface area contributed by atoms with Gasteiger partial charge in [-0.3, -0.25) is 0 Å². The molecule has 0 bridgehead atoms. The van der Waals surface area contributed by atoms with Crippen LogP contribution in [0.15, 0.2) is 42.7 Å². The van der Waals surface area contributed by atoms with Crippen molar-refractivity contribution >= 4 is 0 Å². The van der Waals surface area contributed by atoms with Gasteiger partial charge in [-0.05, 0) is 24.1 Å². The van der Waals surface area contributed by atoms with Crippen LogP contribution in [-0.4, -0.2) is 28.2 Å². The van der Waals surface area contributed by atoms with Gasteiger partial charge < -0.3 is 14.2 Å². The smallest absolute Gasteiger partial charge is 0.231 e. The summed E-state index contributed by atoms with van der Waals surface area (Å²) in [4.78, 5) is 4.46. The molecule has 0 N–H and O–H groups in total. The van der Waals surface area contributed by atoms with E-state index in [0.29, 0.717) is 6.61 Å². The van der Waals surface area contributed by atoms with E-state index >= 15 is 0 Å². The standard InChI is InChI=1S/C20H19N3O3/c1-2-7-24-17-6-4-3-5-13(17)14-9-20-21-11-22-23(20)16-10-19-18(8-15(14)16)25-12-26-19/h3-6,8,10-11,14H,2,7,9,12H2,1H3. The summed E-state index contributed by atoms with van der Waals surface area (Å²) < 4.78 is 19.1. The van der Waals surface area contributed by atoms with Crippen molar-refractivity contribution < 1.29 is 14.2 Å². The molecule has 0 saturated heterocycles. The van der Waals surface area contributed by atoms with Gasteiger partial charge in [0.25, 0.3) is 0 Å². The highest BCUT2D eigenvalue weighted by Gasteiger charge is 2.32. The largest absolute Gasteiger partial charge is 0.493 e. The van der Waals surface area contributed by atoms with E-state index in [4.69, 9.17) is 14.2 Å². The number of hydrogen-bond acceptors (Lipinski definition) is 5. The molecule has 26 heavy (non-hydrogen) atoms. The van der Waals surface area contributed by atoms with Gasteiger partial charge in [0.05, 0.1) is 12.3 Å². The maximum atomic E-state index is 6.02. The number of para-hydroxylation sites is 1. The summed E-state index contributed by atoms with van der Waals surface area (Å²) in [6.07, 6.45) is 3.34. The second-order valence-electron chi connectivity index (χ2n) is 6.50. The number of aromatic nitrogens is 3. The number of benzene rings is 2. The highest BCUT2D eigenvalue weighted by atomic mass is 16.7. The number of rotatable bonds is 4. The SMILES string of the molecule is CCCOc1ccccc1C1Cc2ncnn2-c2cc3c(cc21)OCO3. The predicted octanol–water partition coefficient (Wildman–Crippen LogP) is 3.47. The Balaban J connectivity index is 1.67. The lowest BCUT2D eigenvalue weighted by molar-refractivity contribution is 0.174.